The van der Waals surface area contributed by atoms with Gasteiger partial charge in [-0.3, -0.25) is 0 Å². The van der Waals surface area contributed by atoms with Crippen LogP contribution in [0.1, 0.15) is 63.9 Å². The molecule has 190 valence electrons. The molecule has 1 saturated heterocycles. The molecular weight excluding hydrogens is 466 g/mol. The Hall–Kier alpha value is -3.64. The number of carbonyl (C=O) groups is 2. The van der Waals surface area contributed by atoms with Crippen LogP contribution in [-0.2, 0) is 11.8 Å². The third-order valence-electron chi connectivity index (χ3n) is 8.73. The Morgan fingerprint density at radius 3 is 2.51 bits per heavy atom. The van der Waals surface area contributed by atoms with Gasteiger partial charge in [0.15, 0.2) is 0 Å². The molecule has 2 aliphatic carbocycles. The zero-order chi connectivity index (χ0) is 25.6. The number of fused-ring (bicyclic) bond motifs is 1. The number of likely N-dealkylation sites (N-methyl/N-ethyl adjacent to an activating group) is 1. The second-order valence-electron chi connectivity index (χ2n) is 10.6. The largest absolute Gasteiger partial charge is 0.507 e. The van der Waals surface area contributed by atoms with E-state index in [-0.39, 0.29) is 28.0 Å². The minimum Gasteiger partial charge on any atom is -0.507 e. The van der Waals surface area contributed by atoms with Crippen LogP contribution in [0.25, 0.3) is 0 Å². The highest BCUT2D eigenvalue weighted by atomic mass is 16.6. The van der Waals surface area contributed by atoms with Gasteiger partial charge in [0.1, 0.15) is 28.4 Å². The Balaban J connectivity index is 1.27. The highest BCUT2D eigenvalue weighted by molar-refractivity contribution is 5.98. The molecule has 3 aromatic carbocycles. The summed E-state index contributed by atoms with van der Waals surface area (Å²) in [6.45, 7) is 1.10. The number of piperidine rings is 1. The summed E-state index contributed by atoms with van der Waals surface area (Å²) in [7, 11) is 2.26. The lowest BCUT2D eigenvalue weighted by atomic mass is 9.52. The lowest BCUT2D eigenvalue weighted by Crippen LogP contribution is -2.59. The van der Waals surface area contributed by atoms with Crippen LogP contribution >= 0.6 is 0 Å². The Morgan fingerprint density at radius 2 is 1.68 bits per heavy atom. The molecule has 6 rings (SSSR count). The quantitative estimate of drug-likeness (QED) is 0.378. The SMILES string of the molecule is CN1CC[C@]23CCCC[C@@H]2[C@H]1Cc1ccc(OC(=O)c2ccccc2OC(=O)c2ccccc2O)cc13. The Morgan fingerprint density at radius 1 is 0.919 bits per heavy atom. The minimum atomic E-state index is -0.744. The molecule has 2 bridgehead atoms. The number of para-hydroxylation sites is 2. The average molecular weight is 498 g/mol. The summed E-state index contributed by atoms with van der Waals surface area (Å²) in [5.74, 6) is -0.266. The van der Waals surface area contributed by atoms with Crippen LogP contribution in [-0.4, -0.2) is 41.6 Å². The first-order valence-corrected chi connectivity index (χ1v) is 13.1. The number of phenolic OH excluding ortho intramolecular Hbond substituents is 1. The summed E-state index contributed by atoms with van der Waals surface area (Å²) in [6, 6.07) is 19.3. The summed E-state index contributed by atoms with van der Waals surface area (Å²) >= 11 is 0. The van der Waals surface area contributed by atoms with Gasteiger partial charge in [0.2, 0.25) is 0 Å². The van der Waals surface area contributed by atoms with Gasteiger partial charge in [-0.2, -0.15) is 0 Å². The highest BCUT2D eigenvalue weighted by Gasteiger charge is 2.53. The van der Waals surface area contributed by atoms with Crippen molar-refractivity contribution in [2.24, 2.45) is 5.92 Å². The number of ether oxygens (including phenoxy) is 2. The molecule has 2 fully saturated rings. The number of carbonyl (C=O) groups excluding carboxylic acids is 2. The number of likely N-dealkylation sites (tertiary alicyclic amines) is 1. The van der Waals surface area contributed by atoms with Crippen molar-refractivity contribution in [3.05, 3.63) is 89.0 Å². The number of benzene rings is 3. The van der Waals surface area contributed by atoms with Gasteiger partial charge in [-0.25, -0.2) is 9.59 Å². The molecule has 37 heavy (non-hydrogen) atoms. The van der Waals surface area contributed by atoms with E-state index >= 15 is 0 Å². The van der Waals surface area contributed by atoms with Gasteiger partial charge in [-0.1, -0.05) is 43.2 Å². The first-order valence-electron chi connectivity index (χ1n) is 13.1. The normalized spacial score (nSPS) is 24.5. The van der Waals surface area contributed by atoms with Gasteiger partial charge >= 0.3 is 11.9 Å². The van der Waals surface area contributed by atoms with E-state index in [4.69, 9.17) is 9.47 Å². The van der Waals surface area contributed by atoms with Crippen molar-refractivity contribution in [3.8, 4) is 17.2 Å². The Bertz CT molecular complexity index is 1370. The molecule has 0 amide bonds. The third-order valence-corrected chi connectivity index (χ3v) is 8.73. The lowest BCUT2D eigenvalue weighted by Gasteiger charge is -2.58. The van der Waals surface area contributed by atoms with Crippen molar-refractivity contribution in [1.82, 2.24) is 4.90 Å². The van der Waals surface area contributed by atoms with Gasteiger partial charge in [-0.15, -0.1) is 0 Å². The van der Waals surface area contributed by atoms with Gasteiger partial charge in [0.05, 0.1) is 0 Å². The smallest absolute Gasteiger partial charge is 0.347 e. The molecular formula is C31H31NO5. The fourth-order valence-electron chi connectivity index (χ4n) is 6.93. The average Bonchev–Trinajstić information content (AvgIpc) is 2.91. The number of nitrogens with zero attached hydrogens (tertiary/aromatic N) is 1. The van der Waals surface area contributed by atoms with Gasteiger partial charge < -0.3 is 19.5 Å². The monoisotopic (exact) mass is 497 g/mol. The molecule has 0 aromatic heterocycles. The maximum Gasteiger partial charge on any atom is 0.347 e. The fraction of sp³-hybridized carbons (Fsp3) is 0.355. The van der Waals surface area contributed by atoms with Gasteiger partial charge in [0, 0.05) is 11.5 Å². The van der Waals surface area contributed by atoms with Crippen molar-refractivity contribution in [1.29, 1.82) is 0 Å². The molecule has 1 heterocycles. The zero-order valence-corrected chi connectivity index (χ0v) is 21.0. The number of aromatic hydroxyl groups is 1. The Labute approximate surface area is 216 Å². The zero-order valence-electron chi connectivity index (χ0n) is 21.0. The first-order chi connectivity index (χ1) is 18.0. The van der Waals surface area contributed by atoms with Crippen LogP contribution in [0, 0.1) is 5.92 Å². The number of hydrogen-bond acceptors (Lipinski definition) is 6. The first kappa shape index (κ1) is 23.7. The van der Waals surface area contributed by atoms with Crippen molar-refractivity contribution in [2.75, 3.05) is 13.6 Å². The molecule has 3 aromatic rings. The predicted molar refractivity (Wildman–Crippen MR) is 139 cm³/mol. The van der Waals surface area contributed by atoms with Gasteiger partial charge in [0.25, 0.3) is 0 Å². The predicted octanol–water partition coefficient (Wildman–Crippen LogP) is 5.52. The molecule has 1 aliphatic heterocycles. The molecule has 6 nitrogen and oxygen atoms in total. The standard InChI is InChI=1S/C31H31NO5/c1-32-17-16-31-15-7-6-10-24(31)26(32)18-20-13-14-21(19-25(20)31)36-30(35)23-9-3-5-12-28(23)37-29(34)22-8-2-4-11-27(22)33/h2-5,8-9,11-14,19,24,26,33H,6-7,10,15-18H2,1H3/t24-,26-,31-/m1/s1. The molecule has 1 saturated carbocycles. The molecule has 0 spiro atoms. The van der Waals surface area contributed by atoms with Crippen LogP contribution in [0.2, 0.25) is 0 Å². The van der Waals surface area contributed by atoms with E-state index in [2.05, 4.69) is 24.1 Å². The van der Waals surface area contributed by atoms with Crippen LogP contribution in [0.3, 0.4) is 0 Å². The fourth-order valence-corrected chi connectivity index (χ4v) is 6.93. The summed E-state index contributed by atoms with van der Waals surface area (Å²) < 4.78 is 11.4. The number of phenols is 1. The number of hydrogen-bond donors (Lipinski definition) is 1. The van der Waals surface area contributed by atoms with E-state index < -0.39 is 11.9 Å². The molecule has 1 N–H and O–H groups in total. The van der Waals surface area contributed by atoms with Crippen molar-refractivity contribution in [3.63, 3.8) is 0 Å². The minimum absolute atomic E-state index is 0.0260. The van der Waals surface area contributed by atoms with Crippen LogP contribution in [0.15, 0.2) is 66.7 Å². The molecule has 3 atom stereocenters. The third kappa shape index (κ3) is 4.09. The van der Waals surface area contributed by atoms with Crippen LogP contribution < -0.4 is 9.47 Å². The van der Waals surface area contributed by atoms with E-state index in [9.17, 15) is 14.7 Å². The molecule has 0 radical (unpaired) electrons. The maximum absolute atomic E-state index is 13.3. The summed E-state index contributed by atoms with van der Waals surface area (Å²) in [4.78, 5) is 28.4. The summed E-state index contributed by atoms with van der Waals surface area (Å²) in [5, 5.41) is 9.99. The van der Waals surface area contributed by atoms with E-state index in [1.54, 1.807) is 36.4 Å². The van der Waals surface area contributed by atoms with Crippen LogP contribution in [0.5, 0.6) is 17.2 Å². The Kier molecular flexibility index (Phi) is 6.00. The molecule has 3 aliphatic rings. The van der Waals surface area contributed by atoms with Crippen molar-refractivity contribution >= 4 is 11.9 Å². The lowest BCUT2D eigenvalue weighted by molar-refractivity contribution is 0.00271. The summed E-state index contributed by atoms with van der Waals surface area (Å²) in [6.07, 6.45) is 7.16. The van der Waals surface area contributed by atoms with E-state index in [0.717, 1.165) is 19.4 Å². The maximum atomic E-state index is 13.3. The van der Waals surface area contributed by atoms with E-state index in [1.165, 1.54) is 48.9 Å². The van der Waals surface area contributed by atoms with Crippen molar-refractivity contribution < 1.29 is 24.2 Å². The van der Waals surface area contributed by atoms with E-state index in [1.807, 2.05) is 6.07 Å². The van der Waals surface area contributed by atoms with Crippen molar-refractivity contribution in [2.45, 2.75) is 50.0 Å². The second kappa shape index (κ2) is 9.34. The van der Waals surface area contributed by atoms with Crippen LogP contribution in [0.4, 0.5) is 0 Å². The molecule has 6 heteroatoms. The number of esters is 2. The van der Waals surface area contributed by atoms with E-state index in [0.29, 0.717) is 17.7 Å². The molecule has 0 unspecified atom stereocenters. The van der Waals surface area contributed by atoms with Gasteiger partial charge in [-0.05, 0) is 92.7 Å². The topological polar surface area (TPSA) is 76.1 Å². The second-order valence-corrected chi connectivity index (χ2v) is 10.6. The number of rotatable bonds is 4. The summed E-state index contributed by atoms with van der Waals surface area (Å²) in [5.41, 5.74) is 3.06. The highest BCUT2D eigenvalue weighted by Crippen LogP contribution is 2.56.